The lowest BCUT2D eigenvalue weighted by molar-refractivity contribution is 0.0648. The van der Waals surface area contributed by atoms with E-state index in [2.05, 4.69) is 4.52 Å². The third-order valence-corrected chi connectivity index (χ3v) is 2.98. The van der Waals surface area contributed by atoms with Crippen LogP contribution in [0.1, 0.15) is 6.42 Å². The van der Waals surface area contributed by atoms with Crippen LogP contribution in [0.2, 0.25) is 0 Å². The van der Waals surface area contributed by atoms with Crippen LogP contribution < -0.4 is 0 Å². The minimum Gasteiger partial charge on any atom is -0.394 e. The van der Waals surface area contributed by atoms with Gasteiger partial charge in [0.25, 0.3) is 0 Å². The van der Waals surface area contributed by atoms with E-state index >= 15 is 0 Å². The first-order chi connectivity index (χ1) is 4.89. The molecule has 0 spiro atoms. The van der Waals surface area contributed by atoms with Gasteiger partial charge >= 0.3 is 13.3 Å². The monoisotopic (exact) mass is 188 g/mol. The predicted octanol–water partition coefficient (Wildman–Crippen LogP) is 0.546. The highest BCUT2D eigenvalue weighted by atomic mass is 31.2. The topological polar surface area (TPSA) is 66.8 Å². The van der Waals surface area contributed by atoms with Crippen molar-refractivity contribution in [3.63, 3.8) is 0 Å². The van der Waals surface area contributed by atoms with Crippen LogP contribution in [0.4, 0.5) is 8.78 Å². The van der Waals surface area contributed by atoms with Crippen molar-refractivity contribution in [2.24, 2.45) is 0 Å². The lowest BCUT2D eigenvalue weighted by Gasteiger charge is -2.09. The zero-order valence-corrected chi connectivity index (χ0v) is 6.30. The predicted molar refractivity (Wildman–Crippen MR) is 31.3 cm³/mol. The minimum absolute atomic E-state index is 0.667. The van der Waals surface area contributed by atoms with E-state index in [4.69, 9.17) is 10.00 Å². The smallest absolute Gasteiger partial charge is 0.394 e. The van der Waals surface area contributed by atoms with Crippen LogP contribution in [0.5, 0.6) is 0 Å². The van der Waals surface area contributed by atoms with Gasteiger partial charge in [0.1, 0.15) is 0 Å². The normalized spacial score (nSPS) is 42.7. The summed E-state index contributed by atoms with van der Waals surface area (Å²) in [6, 6.07) is 0. The molecule has 1 fully saturated rings. The number of aliphatic hydroxyl groups is 1. The van der Waals surface area contributed by atoms with E-state index < -0.39 is 32.4 Å². The van der Waals surface area contributed by atoms with Crippen molar-refractivity contribution in [2.45, 2.75) is 18.2 Å². The van der Waals surface area contributed by atoms with Crippen LogP contribution in [-0.4, -0.2) is 28.4 Å². The van der Waals surface area contributed by atoms with Gasteiger partial charge in [-0.1, -0.05) is 0 Å². The fourth-order valence-corrected chi connectivity index (χ4v) is 1.94. The molecule has 0 aromatic rings. The Kier molecular flexibility index (Phi) is 2.05. The zero-order valence-electron chi connectivity index (χ0n) is 5.41. The van der Waals surface area contributed by atoms with Gasteiger partial charge in [0.05, 0.1) is 19.1 Å². The van der Waals surface area contributed by atoms with Gasteiger partial charge in [-0.15, -0.1) is 0 Å². The van der Waals surface area contributed by atoms with Crippen molar-refractivity contribution in [1.29, 1.82) is 0 Å². The van der Waals surface area contributed by atoms with Gasteiger partial charge in [-0.25, -0.2) is 0 Å². The third kappa shape index (κ3) is 1.44. The van der Waals surface area contributed by atoms with Gasteiger partial charge < -0.3 is 10.00 Å². The first kappa shape index (κ1) is 9.06. The largest absolute Gasteiger partial charge is 0.397 e. The van der Waals surface area contributed by atoms with Gasteiger partial charge in [0.15, 0.2) is 0 Å². The van der Waals surface area contributed by atoms with Crippen LogP contribution in [0.25, 0.3) is 0 Å². The number of rotatable bonds is 1. The molecule has 1 aliphatic rings. The molecule has 2 atom stereocenters. The Hall–Kier alpha value is -0.0300. The summed E-state index contributed by atoms with van der Waals surface area (Å²) in [5, 5.41) is 8.34. The summed E-state index contributed by atoms with van der Waals surface area (Å²) in [4.78, 5) is 8.50. The molecule has 0 amide bonds. The Labute approximate surface area is 61.3 Å². The van der Waals surface area contributed by atoms with E-state index in [0.29, 0.717) is 0 Å². The molecule has 7 heteroatoms. The summed E-state index contributed by atoms with van der Waals surface area (Å²) in [5.74, 6) is 0. The maximum atomic E-state index is 12.4. The molecule has 0 bridgehead atoms. The third-order valence-electron chi connectivity index (χ3n) is 1.38. The Morgan fingerprint density at radius 1 is 1.73 bits per heavy atom. The van der Waals surface area contributed by atoms with Gasteiger partial charge in [-0.05, 0) is 0 Å². The molecular formula is C4H7F2O4P. The summed E-state index contributed by atoms with van der Waals surface area (Å²) in [6.45, 7) is -0.667. The van der Waals surface area contributed by atoms with E-state index in [9.17, 15) is 13.3 Å². The lowest BCUT2D eigenvalue weighted by atomic mass is 10.3. The molecule has 4 nitrogen and oxygen atoms in total. The van der Waals surface area contributed by atoms with Crippen molar-refractivity contribution in [1.82, 2.24) is 0 Å². The Morgan fingerprint density at radius 2 is 2.27 bits per heavy atom. The maximum absolute atomic E-state index is 12.4. The maximum Gasteiger partial charge on any atom is 0.397 e. The van der Waals surface area contributed by atoms with Crippen molar-refractivity contribution in [2.75, 3.05) is 6.61 Å². The number of hydrogen-bond acceptors (Lipinski definition) is 3. The van der Waals surface area contributed by atoms with E-state index in [1.54, 1.807) is 0 Å². The highest BCUT2D eigenvalue weighted by molar-refractivity contribution is 7.54. The van der Waals surface area contributed by atoms with Crippen LogP contribution in [0.15, 0.2) is 0 Å². The fourth-order valence-electron chi connectivity index (χ4n) is 0.804. The van der Waals surface area contributed by atoms with Crippen LogP contribution in [-0.2, 0) is 9.09 Å². The number of aliphatic hydroxyl groups excluding tert-OH is 1. The molecule has 0 aliphatic carbocycles. The van der Waals surface area contributed by atoms with Crippen molar-refractivity contribution in [3.05, 3.63) is 0 Å². The summed E-state index contributed by atoms with van der Waals surface area (Å²) < 4.78 is 39.4. The molecule has 11 heavy (non-hydrogen) atoms. The molecule has 0 saturated carbocycles. The molecule has 0 aromatic heterocycles. The molecule has 1 rings (SSSR count). The number of alkyl halides is 2. The standard InChI is InChI=1S/C4H7F2O4P/c5-4(6)1-3(2-7)10-11(4,8)9/h3,7H,1-2H2,(H,8,9). The Morgan fingerprint density at radius 3 is 2.45 bits per heavy atom. The van der Waals surface area contributed by atoms with Crippen LogP contribution >= 0.6 is 7.60 Å². The average molecular weight is 188 g/mol. The first-order valence-electron chi connectivity index (χ1n) is 2.89. The first-order valence-corrected chi connectivity index (χ1v) is 4.47. The van der Waals surface area contributed by atoms with Gasteiger partial charge in [0.2, 0.25) is 0 Å². The lowest BCUT2D eigenvalue weighted by Crippen LogP contribution is -2.14. The van der Waals surface area contributed by atoms with Crippen molar-refractivity contribution in [3.8, 4) is 0 Å². The summed E-state index contributed by atoms with van der Waals surface area (Å²) in [6.07, 6.45) is -2.11. The summed E-state index contributed by atoms with van der Waals surface area (Å²) >= 11 is 0. The molecule has 0 radical (unpaired) electrons. The van der Waals surface area contributed by atoms with E-state index in [-0.39, 0.29) is 0 Å². The molecule has 66 valence electrons. The zero-order chi connectivity index (χ0) is 8.70. The highest BCUT2D eigenvalue weighted by Gasteiger charge is 2.59. The molecule has 1 saturated heterocycles. The number of hydrogen-bond donors (Lipinski definition) is 2. The summed E-state index contributed by atoms with van der Waals surface area (Å²) in [7, 11) is -4.81. The second-order valence-corrected chi connectivity index (χ2v) is 4.21. The van der Waals surface area contributed by atoms with Gasteiger partial charge in [0, 0.05) is 0 Å². The van der Waals surface area contributed by atoms with E-state index in [1.165, 1.54) is 0 Å². The molecule has 1 aliphatic heterocycles. The van der Waals surface area contributed by atoms with Crippen LogP contribution in [0.3, 0.4) is 0 Å². The van der Waals surface area contributed by atoms with Gasteiger partial charge in [-0.2, -0.15) is 8.78 Å². The molecule has 0 aromatic carbocycles. The average Bonchev–Trinajstić information content (AvgIpc) is 2.03. The molecule has 2 unspecified atom stereocenters. The van der Waals surface area contributed by atoms with Crippen molar-refractivity contribution < 1.29 is 27.9 Å². The second-order valence-electron chi connectivity index (χ2n) is 2.30. The molecular weight excluding hydrogens is 181 g/mol. The molecule has 1 heterocycles. The van der Waals surface area contributed by atoms with Crippen molar-refractivity contribution >= 4 is 7.60 Å². The second kappa shape index (κ2) is 2.48. The minimum atomic E-state index is -4.81. The Balaban J connectivity index is 2.80. The quantitative estimate of drug-likeness (QED) is 0.589. The Bertz CT molecular complexity index is 206. The fraction of sp³-hybridized carbons (Fsp3) is 1.00. The SMILES string of the molecule is O=P1(O)OC(CO)CC1(F)F. The molecule has 2 N–H and O–H groups in total. The van der Waals surface area contributed by atoms with Crippen LogP contribution in [0, 0.1) is 0 Å². The number of halogens is 2. The summed E-state index contributed by atoms with van der Waals surface area (Å²) in [5.41, 5.74) is -3.71. The van der Waals surface area contributed by atoms with E-state index in [1.807, 2.05) is 0 Å². The van der Waals surface area contributed by atoms with Gasteiger partial charge in [-0.3, -0.25) is 9.09 Å². The van der Waals surface area contributed by atoms with E-state index in [0.717, 1.165) is 0 Å². The highest BCUT2D eigenvalue weighted by Crippen LogP contribution is 2.65.